The summed E-state index contributed by atoms with van der Waals surface area (Å²) >= 11 is 6.06. The minimum Gasteiger partial charge on any atom is -0.346 e. The molecule has 0 aromatic heterocycles. The Balaban J connectivity index is 2.61. The quantitative estimate of drug-likeness (QED) is 0.637. The number of anilines is 1. The highest BCUT2D eigenvalue weighted by atomic mass is 35.5. The van der Waals surface area contributed by atoms with E-state index in [-0.39, 0.29) is 0 Å². The maximum atomic E-state index is 6.06. The number of hydrogen-bond donors (Lipinski definition) is 0. The molecule has 0 saturated carbocycles. The monoisotopic (exact) mass is 206 g/mol. The Labute approximate surface area is 88.5 Å². The third kappa shape index (κ3) is 1.42. The number of halogens is 1. The molecule has 3 heteroatoms. The summed E-state index contributed by atoms with van der Waals surface area (Å²) in [5.41, 5.74) is 2.98. The van der Waals surface area contributed by atoms with E-state index >= 15 is 0 Å². The Bertz CT molecular complexity index is 410. The zero-order valence-corrected chi connectivity index (χ0v) is 8.75. The van der Waals surface area contributed by atoms with Gasteiger partial charge in [0, 0.05) is 18.3 Å². The summed E-state index contributed by atoms with van der Waals surface area (Å²) < 4.78 is 0. The number of likely N-dealkylation sites (N-methyl/N-ethyl adjacent to an activating group) is 1. The minimum absolute atomic E-state index is 0.560. The van der Waals surface area contributed by atoms with Crippen molar-refractivity contribution in [2.75, 3.05) is 18.5 Å². The molecule has 1 aromatic rings. The van der Waals surface area contributed by atoms with Crippen molar-refractivity contribution in [1.82, 2.24) is 0 Å². The van der Waals surface area contributed by atoms with Gasteiger partial charge >= 0.3 is 0 Å². The van der Waals surface area contributed by atoms with Crippen LogP contribution in [0.4, 0.5) is 5.69 Å². The Hall–Kier alpha value is -1.28. The number of para-hydroxylation sites is 1. The maximum absolute atomic E-state index is 6.06. The molecule has 0 unspecified atom stereocenters. The highest BCUT2D eigenvalue weighted by Gasteiger charge is 2.15. The Kier molecular flexibility index (Phi) is 2.30. The van der Waals surface area contributed by atoms with Gasteiger partial charge in [0.15, 0.2) is 0 Å². The standard InChI is InChI=1S/C11H11ClN2/c1-8-7-13-11(12)9-5-3-4-6-10(9)14(8)2/h3-6H,1,7H2,2H3. The van der Waals surface area contributed by atoms with Crippen molar-refractivity contribution in [3.05, 3.63) is 42.1 Å². The zero-order chi connectivity index (χ0) is 10.1. The third-order valence-corrected chi connectivity index (χ3v) is 2.69. The molecule has 0 spiro atoms. The highest BCUT2D eigenvalue weighted by Crippen LogP contribution is 2.26. The lowest BCUT2D eigenvalue weighted by Crippen LogP contribution is -2.17. The van der Waals surface area contributed by atoms with Gasteiger partial charge in [-0.1, -0.05) is 30.3 Å². The minimum atomic E-state index is 0.560. The van der Waals surface area contributed by atoms with Crippen LogP contribution in [-0.2, 0) is 0 Å². The van der Waals surface area contributed by atoms with Gasteiger partial charge in [-0.05, 0) is 12.1 Å². The summed E-state index contributed by atoms with van der Waals surface area (Å²) in [6, 6.07) is 7.93. The molecule has 1 aromatic carbocycles. The van der Waals surface area contributed by atoms with Crippen LogP contribution in [-0.4, -0.2) is 18.8 Å². The number of benzene rings is 1. The molecule has 0 radical (unpaired) electrons. The van der Waals surface area contributed by atoms with Crippen LogP contribution in [0.3, 0.4) is 0 Å². The van der Waals surface area contributed by atoms with Crippen LogP contribution in [0.15, 0.2) is 41.5 Å². The van der Waals surface area contributed by atoms with Crippen molar-refractivity contribution in [2.45, 2.75) is 0 Å². The van der Waals surface area contributed by atoms with Gasteiger partial charge in [0.2, 0.25) is 0 Å². The number of aliphatic imine (C=N–C) groups is 1. The molecule has 1 aliphatic heterocycles. The molecule has 0 N–H and O–H groups in total. The molecule has 0 atom stereocenters. The lowest BCUT2D eigenvalue weighted by molar-refractivity contribution is 1.03. The fourth-order valence-corrected chi connectivity index (χ4v) is 1.68. The Morgan fingerprint density at radius 3 is 2.93 bits per heavy atom. The molecule has 0 bridgehead atoms. The van der Waals surface area contributed by atoms with E-state index in [9.17, 15) is 0 Å². The number of benzodiazepines with no additional fused rings is 1. The van der Waals surface area contributed by atoms with Crippen molar-refractivity contribution in [2.24, 2.45) is 4.99 Å². The molecule has 0 saturated heterocycles. The van der Waals surface area contributed by atoms with E-state index in [4.69, 9.17) is 11.6 Å². The van der Waals surface area contributed by atoms with E-state index < -0.39 is 0 Å². The van der Waals surface area contributed by atoms with Gasteiger partial charge in [0.1, 0.15) is 5.17 Å². The lowest BCUT2D eigenvalue weighted by atomic mass is 10.2. The molecule has 2 nitrogen and oxygen atoms in total. The number of nitrogens with zero attached hydrogens (tertiary/aromatic N) is 2. The smallest absolute Gasteiger partial charge is 0.133 e. The highest BCUT2D eigenvalue weighted by molar-refractivity contribution is 6.70. The molecule has 1 aliphatic rings. The summed E-state index contributed by atoms with van der Waals surface area (Å²) in [4.78, 5) is 6.26. The topological polar surface area (TPSA) is 15.6 Å². The van der Waals surface area contributed by atoms with E-state index in [1.807, 2.05) is 36.2 Å². The molecule has 0 fully saturated rings. The van der Waals surface area contributed by atoms with Crippen molar-refractivity contribution >= 4 is 22.5 Å². The van der Waals surface area contributed by atoms with Gasteiger partial charge in [-0.3, -0.25) is 4.99 Å². The van der Waals surface area contributed by atoms with E-state index in [0.717, 1.165) is 16.9 Å². The van der Waals surface area contributed by atoms with Crippen LogP contribution in [0.25, 0.3) is 0 Å². The first kappa shape index (κ1) is 9.28. The summed E-state index contributed by atoms with van der Waals surface area (Å²) in [6.07, 6.45) is 0. The Morgan fingerprint density at radius 1 is 1.43 bits per heavy atom. The number of hydrogen-bond acceptors (Lipinski definition) is 2. The molecule has 0 amide bonds. The fraction of sp³-hybridized carbons (Fsp3) is 0.182. The van der Waals surface area contributed by atoms with Gasteiger partial charge in [0.05, 0.1) is 12.2 Å². The van der Waals surface area contributed by atoms with E-state index in [1.165, 1.54) is 0 Å². The van der Waals surface area contributed by atoms with Gasteiger partial charge in [-0.25, -0.2) is 0 Å². The second-order valence-electron chi connectivity index (χ2n) is 3.25. The van der Waals surface area contributed by atoms with E-state index in [0.29, 0.717) is 11.7 Å². The molecule has 2 rings (SSSR count). The van der Waals surface area contributed by atoms with Crippen molar-refractivity contribution < 1.29 is 0 Å². The second kappa shape index (κ2) is 3.46. The molecule has 14 heavy (non-hydrogen) atoms. The van der Waals surface area contributed by atoms with Crippen LogP contribution in [0.1, 0.15) is 5.56 Å². The van der Waals surface area contributed by atoms with Crippen LogP contribution >= 0.6 is 11.6 Å². The van der Waals surface area contributed by atoms with Crippen LogP contribution in [0.5, 0.6) is 0 Å². The van der Waals surface area contributed by atoms with Gasteiger partial charge in [-0.2, -0.15) is 0 Å². The van der Waals surface area contributed by atoms with Gasteiger partial charge < -0.3 is 4.90 Å². The van der Waals surface area contributed by atoms with Crippen LogP contribution in [0.2, 0.25) is 0 Å². The van der Waals surface area contributed by atoms with Gasteiger partial charge in [0.25, 0.3) is 0 Å². The lowest BCUT2D eigenvalue weighted by Gasteiger charge is -2.20. The fourth-order valence-electron chi connectivity index (χ4n) is 1.46. The summed E-state index contributed by atoms with van der Waals surface area (Å²) in [6.45, 7) is 4.51. The Morgan fingerprint density at radius 2 is 2.14 bits per heavy atom. The third-order valence-electron chi connectivity index (χ3n) is 2.36. The first-order valence-electron chi connectivity index (χ1n) is 4.41. The molecular weight excluding hydrogens is 196 g/mol. The summed E-state index contributed by atoms with van der Waals surface area (Å²) in [5, 5.41) is 0.561. The largest absolute Gasteiger partial charge is 0.346 e. The SMILES string of the molecule is C=C1CN=C(Cl)c2ccccc2N1C. The van der Waals surface area contributed by atoms with E-state index in [1.54, 1.807) is 0 Å². The first-order chi connectivity index (χ1) is 6.70. The maximum Gasteiger partial charge on any atom is 0.133 e. The molecule has 72 valence electrons. The molecule has 0 aliphatic carbocycles. The summed E-state index contributed by atoms with van der Waals surface area (Å²) in [7, 11) is 1.98. The average Bonchev–Trinajstić information content (AvgIpc) is 2.33. The number of rotatable bonds is 0. The first-order valence-corrected chi connectivity index (χ1v) is 4.79. The van der Waals surface area contributed by atoms with Crippen molar-refractivity contribution in [3.63, 3.8) is 0 Å². The number of fused-ring (bicyclic) bond motifs is 1. The van der Waals surface area contributed by atoms with Gasteiger partial charge in [-0.15, -0.1) is 0 Å². The summed E-state index contributed by atoms with van der Waals surface area (Å²) in [5.74, 6) is 0. The van der Waals surface area contributed by atoms with Crippen LogP contribution < -0.4 is 4.90 Å². The van der Waals surface area contributed by atoms with Crippen molar-refractivity contribution in [3.8, 4) is 0 Å². The van der Waals surface area contributed by atoms with E-state index in [2.05, 4.69) is 11.6 Å². The molecular formula is C11H11ClN2. The second-order valence-corrected chi connectivity index (χ2v) is 3.61. The predicted molar refractivity (Wildman–Crippen MR) is 61.2 cm³/mol. The average molecular weight is 207 g/mol. The predicted octanol–water partition coefficient (Wildman–Crippen LogP) is 2.64. The normalized spacial score (nSPS) is 16.0. The molecule has 1 heterocycles. The van der Waals surface area contributed by atoms with Crippen LogP contribution in [0, 0.1) is 0 Å². The zero-order valence-electron chi connectivity index (χ0n) is 8.00. The van der Waals surface area contributed by atoms with Crippen molar-refractivity contribution in [1.29, 1.82) is 0 Å².